The number of aryl methyl sites for hydroxylation is 1. The van der Waals surface area contributed by atoms with E-state index >= 15 is 0 Å². The van der Waals surface area contributed by atoms with Gasteiger partial charge in [-0.05, 0) is 38.3 Å². The van der Waals surface area contributed by atoms with Gasteiger partial charge in [0.1, 0.15) is 5.82 Å². The standard InChI is InChI=1S/C13H20N2O3/c1-10-11(13(16)17)6-7-12(15-10)14-8-4-3-5-9-18-2/h6-7H,3-5,8-9H2,1-2H3,(H,14,15)(H,16,17). The molecule has 18 heavy (non-hydrogen) atoms. The van der Waals surface area contributed by atoms with E-state index in [1.54, 1.807) is 26.2 Å². The van der Waals surface area contributed by atoms with Crippen LogP contribution in [0.1, 0.15) is 35.3 Å². The third kappa shape index (κ3) is 4.71. The van der Waals surface area contributed by atoms with Crippen molar-refractivity contribution in [1.29, 1.82) is 0 Å². The number of methoxy groups -OCH3 is 1. The first-order valence-electron chi connectivity index (χ1n) is 6.09. The van der Waals surface area contributed by atoms with Crippen molar-refractivity contribution < 1.29 is 14.6 Å². The Morgan fingerprint density at radius 3 is 2.78 bits per heavy atom. The predicted molar refractivity (Wildman–Crippen MR) is 70.2 cm³/mol. The Bertz CT molecular complexity index is 394. The molecule has 0 amide bonds. The van der Waals surface area contributed by atoms with Crippen LogP contribution in [0.4, 0.5) is 5.82 Å². The topological polar surface area (TPSA) is 71.5 Å². The number of aromatic carboxylic acids is 1. The summed E-state index contributed by atoms with van der Waals surface area (Å²) in [7, 11) is 1.70. The molecule has 0 aliphatic carbocycles. The zero-order chi connectivity index (χ0) is 13.4. The molecule has 100 valence electrons. The number of hydrogen-bond donors (Lipinski definition) is 2. The lowest BCUT2D eigenvalue weighted by molar-refractivity contribution is 0.0695. The van der Waals surface area contributed by atoms with E-state index in [0.717, 1.165) is 38.2 Å². The van der Waals surface area contributed by atoms with Crippen LogP contribution in [0.15, 0.2) is 12.1 Å². The first-order chi connectivity index (χ1) is 8.65. The Kier molecular flexibility index (Phi) is 6.14. The average Bonchev–Trinajstić information content (AvgIpc) is 2.33. The Labute approximate surface area is 107 Å². The number of nitrogens with one attached hydrogen (secondary N) is 1. The van der Waals surface area contributed by atoms with Gasteiger partial charge in [-0.15, -0.1) is 0 Å². The largest absolute Gasteiger partial charge is 0.478 e. The van der Waals surface area contributed by atoms with E-state index in [4.69, 9.17) is 9.84 Å². The number of hydrogen-bond acceptors (Lipinski definition) is 4. The smallest absolute Gasteiger partial charge is 0.337 e. The maximum Gasteiger partial charge on any atom is 0.337 e. The number of carbonyl (C=O) groups is 1. The molecule has 0 atom stereocenters. The van der Waals surface area contributed by atoms with Crippen LogP contribution in [0.5, 0.6) is 0 Å². The van der Waals surface area contributed by atoms with E-state index in [9.17, 15) is 4.79 Å². The Morgan fingerprint density at radius 2 is 2.17 bits per heavy atom. The third-order valence-corrected chi connectivity index (χ3v) is 2.65. The number of ether oxygens (including phenoxy) is 1. The molecule has 0 spiro atoms. The average molecular weight is 252 g/mol. The lowest BCUT2D eigenvalue weighted by Gasteiger charge is -2.07. The second kappa shape index (κ2) is 7.66. The maximum atomic E-state index is 10.8. The molecule has 0 fully saturated rings. The zero-order valence-electron chi connectivity index (χ0n) is 10.9. The number of unbranched alkanes of at least 4 members (excludes halogenated alkanes) is 2. The van der Waals surface area contributed by atoms with Crippen LogP contribution in [0.3, 0.4) is 0 Å². The van der Waals surface area contributed by atoms with Crippen molar-refractivity contribution in [2.24, 2.45) is 0 Å². The van der Waals surface area contributed by atoms with Gasteiger partial charge in [0.05, 0.1) is 11.3 Å². The Hall–Kier alpha value is -1.62. The van der Waals surface area contributed by atoms with Crippen LogP contribution in [0.25, 0.3) is 0 Å². The first-order valence-corrected chi connectivity index (χ1v) is 6.09. The lowest BCUT2D eigenvalue weighted by atomic mass is 10.2. The number of carboxylic acid groups (broad SMARTS) is 1. The highest BCUT2D eigenvalue weighted by Crippen LogP contribution is 2.10. The number of anilines is 1. The number of carboxylic acids is 1. The van der Waals surface area contributed by atoms with Crippen molar-refractivity contribution in [3.8, 4) is 0 Å². The number of pyridine rings is 1. The van der Waals surface area contributed by atoms with E-state index < -0.39 is 5.97 Å². The van der Waals surface area contributed by atoms with Crippen LogP contribution in [0, 0.1) is 6.92 Å². The minimum absolute atomic E-state index is 0.251. The van der Waals surface area contributed by atoms with Gasteiger partial charge in [0.25, 0.3) is 0 Å². The lowest BCUT2D eigenvalue weighted by Crippen LogP contribution is -2.07. The molecule has 0 aliphatic rings. The van der Waals surface area contributed by atoms with Gasteiger partial charge in [-0.25, -0.2) is 9.78 Å². The van der Waals surface area contributed by atoms with Crippen molar-refractivity contribution in [3.05, 3.63) is 23.4 Å². The number of rotatable bonds is 8. The van der Waals surface area contributed by atoms with Crippen LogP contribution in [0.2, 0.25) is 0 Å². The van der Waals surface area contributed by atoms with Crippen LogP contribution >= 0.6 is 0 Å². The number of aromatic nitrogens is 1. The third-order valence-electron chi connectivity index (χ3n) is 2.65. The van der Waals surface area contributed by atoms with Gasteiger partial charge in [-0.2, -0.15) is 0 Å². The molecule has 1 heterocycles. The summed E-state index contributed by atoms with van der Waals surface area (Å²) in [6.07, 6.45) is 3.21. The normalized spacial score (nSPS) is 10.3. The molecule has 1 rings (SSSR count). The molecule has 0 saturated heterocycles. The first kappa shape index (κ1) is 14.4. The number of nitrogens with zero attached hydrogens (tertiary/aromatic N) is 1. The van der Waals surface area contributed by atoms with Gasteiger partial charge in [0.15, 0.2) is 0 Å². The molecule has 5 heteroatoms. The summed E-state index contributed by atoms with van der Waals surface area (Å²) >= 11 is 0. The molecule has 0 bridgehead atoms. The summed E-state index contributed by atoms with van der Waals surface area (Å²) in [5, 5.41) is 12.1. The quantitative estimate of drug-likeness (QED) is 0.695. The molecular formula is C13H20N2O3. The molecule has 0 aliphatic heterocycles. The zero-order valence-corrected chi connectivity index (χ0v) is 10.9. The van der Waals surface area contributed by atoms with Crippen molar-refractivity contribution >= 4 is 11.8 Å². The molecule has 0 radical (unpaired) electrons. The molecule has 0 saturated carbocycles. The fraction of sp³-hybridized carbons (Fsp3) is 0.538. The molecule has 0 unspecified atom stereocenters. The minimum Gasteiger partial charge on any atom is -0.478 e. The van der Waals surface area contributed by atoms with Crippen molar-refractivity contribution in [2.45, 2.75) is 26.2 Å². The minimum atomic E-state index is -0.939. The molecule has 5 nitrogen and oxygen atoms in total. The fourth-order valence-electron chi connectivity index (χ4n) is 1.65. The van der Waals surface area contributed by atoms with Gasteiger partial charge in [0.2, 0.25) is 0 Å². The van der Waals surface area contributed by atoms with E-state index in [-0.39, 0.29) is 5.56 Å². The monoisotopic (exact) mass is 252 g/mol. The summed E-state index contributed by atoms with van der Waals surface area (Å²) < 4.78 is 4.97. The van der Waals surface area contributed by atoms with Crippen LogP contribution < -0.4 is 5.32 Å². The van der Waals surface area contributed by atoms with Crippen molar-refractivity contribution in [3.63, 3.8) is 0 Å². The summed E-state index contributed by atoms with van der Waals surface area (Å²) in [5.74, 6) is -0.213. The van der Waals surface area contributed by atoms with E-state index in [0.29, 0.717) is 5.69 Å². The molecular weight excluding hydrogens is 232 g/mol. The Balaban J connectivity index is 2.35. The summed E-state index contributed by atoms with van der Waals surface area (Å²) in [6.45, 7) is 3.33. The maximum absolute atomic E-state index is 10.8. The van der Waals surface area contributed by atoms with Gasteiger partial charge in [0, 0.05) is 20.3 Å². The van der Waals surface area contributed by atoms with Crippen molar-refractivity contribution in [1.82, 2.24) is 4.98 Å². The predicted octanol–water partition coefficient (Wildman–Crippen LogP) is 2.32. The fourth-order valence-corrected chi connectivity index (χ4v) is 1.65. The van der Waals surface area contributed by atoms with Crippen LogP contribution in [-0.4, -0.2) is 36.3 Å². The Morgan fingerprint density at radius 1 is 1.39 bits per heavy atom. The van der Waals surface area contributed by atoms with E-state index in [1.807, 2.05) is 0 Å². The van der Waals surface area contributed by atoms with Gasteiger partial charge >= 0.3 is 5.97 Å². The second-order valence-corrected chi connectivity index (χ2v) is 4.11. The molecule has 0 aromatic carbocycles. The summed E-state index contributed by atoms with van der Waals surface area (Å²) in [5.41, 5.74) is 0.785. The highest BCUT2D eigenvalue weighted by molar-refractivity contribution is 5.89. The summed E-state index contributed by atoms with van der Waals surface area (Å²) in [6, 6.07) is 3.28. The molecule has 1 aromatic rings. The second-order valence-electron chi connectivity index (χ2n) is 4.11. The SMILES string of the molecule is COCCCCCNc1ccc(C(=O)O)c(C)n1. The van der Waals surface area contributed by atoms with Gasteiger partial charge in [-0.3, -0.25) is 0 Å². The molecule has 1 aromatic heterocycles. The van der Waals surface area contributed by atoms with Crippen molar-refractivity contribution in [2.75, 3.05) is 25.6 Å². The van der Waals surface area contributed by atoms with Crippen LogP contribution in [-0.2, 0) is 4.74 Å². The highest BCUT2D eigenvalue weighted by atomic mass is 16.5. The molecule has 2 N–H and O–H groups in total. The van der Waals surface area contributed by atoms with Gasteiger partial charge in [-0.1, -0.05) is 0 Å². The summed E-state index contributed by atoms with van der Waals surface area (Å²) in [4.78, 5) is 15.0. The highest BCUT2D eigenvalue weighted by Gasteiger charge is 2.07. The van der Waals surface area contributed by atoms with E-state index in [2.05, 4.69) is 10.3 Å². The van der Waals surface area contributed by atoms with E-state index in [1.165, 1.54) is 0 Å². The van der Waals surface area contributed by atoms with Gasteiger partial charge < -0.3 is 15.2 Å².